The maximum Gasteiger partial charge on any atom is 0.238 e. The van der Waals surface area contributed by atoms with E-state index in [0.29, 0.717) is 25.7 Å². The topological polar surface area (TPSA) is 84.2 Å². The van der Waals surface area contributed by atoms with Crippen molar-refractivity contribution in [2.45, 2.75) is 37.8 Å². The summed E-state index contributed by atoms with van der Waals surface area (Å²) in [5.41, 5.74) is 6.43. The van der Waals surface area contributed by atoms with Gasteiger partial charge in [-0.25, -0.2) is 0 Å². The number of rotatable bonds is 10. The van der Waals surface area contributed by atoms with E-state index in [9.17, 15) is 9.59 Å². The molecule has 0 saturated carbocycles. The van der Waals surface area contributed by atoms with Gasteiger partial charge >= 0.3 is 0 Å². The summed E-state index contributed by atoms with van der Waals surface area (Å²) in [6.45, 7) is 0.546. The first kappa shape index (κ1) is 15.7. The molecule has 2 atom stereocenters. The van der Waals surface area contributed by atoms with Crippen molar-refractivity contribution in [2.24, 2.45) is 5.73 Å². The molecule has 0 radical (unpaired) electrons. The number of hydrogen-bond acceptors (Lipinski definition) is 4. The minimum Gasteiger partial charge on any atom is -0.345 e. The minimum atomic E-state index is -0.717. The van der Waals surface area contributed by atoms with Gasteiger partial charge in [-0.3, -0.25) is 4.79 Å². The normalized spacial score (nSPS) is 14.1. The number of benzene rings is 1. The molecule has 1 aromatic carbocycles. The monoisotopic (exact) mass is 292 g/mol. The number of nitrogens with one attached hydrogen (secondary N) is 2. The summed E-state index contributed by atoms with van der Waals surface area (Å²) in [4.78, 5) is 23.6. The number of hydrogen-bond donors (Lipinski definition) is 3. The molecule has 116 valence electrons. The van der Waals surface area contributed by atoms with E-state index < -0.39 is 18.0 Å². The fraction of sp³-hybridized carbons (Fsp3) is 0.500. The largest absolute Gasteiger partial charge is 0.345 e. The van der Waals surface area contributed by atoms with Crippen molar-refractivity contribution in [3.8, 4) is 0 Å². The lowest BCUT2D eigenvalue weighted by Gasteiger charge is -2.19. The van der Waals surface area contributed by atoms with Crippen molar-refractivity contribution in [3.63, 3.8) is 0 Å². The summed E-state index contributed by atoms with van der Waals surface area (Å²) in [6, 6.07) is 8.37. The standard InChI is InChI=1S/C16H25N3O2/c1-18-15(11-13-7-3-2-4-8-13)16(21)19-14(12-20)9-5-6-10-17/h2-4,7-8,12,14-15,18H,5-6,9-11,17H2,1H3,(H,19,21)/t14-,15-/m0/s1/i/hD. The molecule has 5 heteroatoms. The predicted molar refractivity (Wildman–Crippen MR) is 83.9 cm³/mol. The number of aldehydes is 1. The van der Waals surface area contributed by atoms with E-state index in [-0.39, 0.29) is 0 Å². The SMILES string of the molecule is [2H]N(C(=O)[C@H](Cc1ccccc1)NC)[C@H](C=O)CCCCN. The zero-order valence-electron chi connectivity index (χ0n) is 13.5. The number of amides is 1. The molecular formula is C16H25N3O2. The quantitative estimate of drug-likeness (QED) is 0.436. The van der Waals surface area contributed by atoms with Gasteiger partial charge in [-0.1, -0.05) is 30.3 Å². The van der Waals surface area contributed by atoms with Crippen molar-refractivity contribution >= 4 is 12.2 Å². The van der Waals surface area contributed by atoms with Crippen LogP contribution in [-0.4, -0.2) is 37.9 Å². The Labute approximate surface area is 127 Å². The molecular weight excluding hydrogens is 266 g/mol. The summed E-state index contributed by atoms with van der Waals surface area (Å²) in [7, 11) is 1.68. The van der Waals surface area contributed by atoms with Crippen LogP contribution >= 0.6 is 0 Å². The second-order valence-corrected chi connectivity index (χ2v) is 4.99. The lowest BCUT2D eigenvalue weighted by molar-refractivity contribution is -0.125. The first-order chi connectivity index (χ1) is 10.6. The summed E-state index contributed by atoms with van der Waals surface area (Å²) >= 11 is 0. The fourth-order valence-corrected chi connectivity index (χ4v) is 2.08. The van der Waals surface area contributed by atoms with Crippen molar-refractivity contribution in [3.05, 3.63) is 35.9 Å². The first-order valence-electron chi connectivity index (χ1n) is 7.77. The smallest absolute Gasteiger partial charge is 0.238 e. The minimum absolute atomic E-state index is 0.392. The van der Waals surface area contributed by atoms with Crippen LogP contribution < -0.4 is 16.4 Å². The Morgan fingerprint density at radius 3 is 2.67 bits per heavy atom. The number of likely N-dealkylation sites (N-methyl/N-ethyl adjacent to an activating group) is 1. The van der Waals surface area contributed by atoms with Gasteiger partial charge in [-0.15, -0.1) is 0 Å². The highest BCUT2D eigenvalue weighted by molar-refractivity contribution is 5.84. The third kappa shape index (κ3) is 6.51. The average Bonchev–Trinajstić information content (AvgIpc) is 2.56. The van der Waals surface area contributed by atoms with Crippen molar-refractivity contribution in [1.82, 2.24) is 10.6 Å². The Morgan fingerprint density at radius 1 is 1.38 bits per heavy atom. The molecule has 0 bridgehead atoms. The fourth-order valence-electron chi connectivity index (χ4n) is 2.08. The third-order valence-corrected chi connectivity index (χ3v) is 3.33. The molecule has 0 aliphatic heterocycles. The highest BCUT2D eigenvalue weighted by Gasteiger charge is 2.19. The highest BCUT2D eigenvalue weighted by Crippen LogP contribution is 2.04. The zero-order chi connectivity index (χ0) is 16.4. The second kappa shape index (κ2) is 10.1. The van der Waals surface area contributed by atoms with Crippen LogP contribution in [0.1, 0.15) is 24.8 Å². The predicted octanol–water partition coefficient (Wildman–Crippen LogP) is 0.630. The van der Waals surface area contributed by atoms with E-state index in [2.05, 4.69) is 5.32 Å². The summed E-state index contributed by atoms with van der Waals surface area (Å²) in [6.07, 6.45) is 3.13. The summed E-state index contributed by atoms with van der Waals surface area (Å²) < 4.78 is 7.95. The lowest BCUT2D eigenvalue weighted by Crippen LogP contribution is -2.48. The van der Waals surface area contributed by atoms with E-state index in [1.165, 1.54) is 0 Å². The van der Waals surface area contributed by atoms with Gasteiger partial charge in [-0.05, 0) is 44.8 Å². The Hall–Kier alpha value is -1.72. The van der Waals surface area contributed by atoms with Crippen LogP contribution in [0.15, 0.2) is 30.3 Å². The molecule has 0 aromatic heterocycles. The van der Waals surface area contributed by atoms with E-state index >= 15 is 0 Å². The van der Waals surface area contributed by atoms with Gasteiger partial charge in [0, 0.05) is 0 Å². The Balaban J connectivity index is 2.66. The lowest BCUT2D eigenvalue weighted by atomic mass is 10.0. The third-order valence-electron chi connectivity index (χ3n) is 3.33. The molecule has 1 amide bonds. The van der Waals surface area contributed by atoms with Crippen LogP contribution in [0.25, 0.3) is 0 Å². The zero-order valence-corrected chi connectivity index (χ0v) is 12.5. The molecule has 0 aliphatic carbocycles. The molecule has 0 heterocycles. The molecule has 1 rings (SSSR count). The van der Waals surface area contributed by atoms with Gasteiger partial charge in [0.2, 0.25) is 5.91 Å². The van der Waals surface area contributed by atoms with Crippen LogP contribution in [0.4, 0.5) is 0 Å². The summed E-state index contributed by atoms with van der Waals surface area (Å²) in [5, 5.41) is 3.73. The van der Waals surface area contributed by atoms with E-state index in [0.717, 1.165) is 23.7 Å². The van der Waals surface area contributed by atoms with Gasteiger partial charge in [-0.2, -0.15) is 0 Å². The molecule has 0 spiro atoms. The number of unbranched alkanes of at least 4 members (excludes halogenated alkanes) is 1. The van der Waals surface area contributed by atoms with Gasteiger partial charge < -0.3 is 21.2 Å². The molecule has 1 aromatic rings. The first-order valence-corrected chi connectivity index (χ1v) is 7.32. The Kier molecular flexibility index (Phi) is 7.51. The van der Waals surface area contributed by atoms with E-state index in [1.807, 2.05) is 30.3 Å². The molecule has 0 aliphatic rings. The van der Waals surface area contributed by atoms with E-state index in [4.69, 9.17) is 7.15 Å². The van der Waals surface area contributed by atoms with Gasteiger partial charge in [0.05, 0.1) is 12.1 Å². The number of nitrogens with two attached hydrogens (primary N) is 1. The Bertz CT molecular complexity index is 456. The molecule has 5 nitrogen and oxygen atoms in total. The number of carbonyl (C=O) groups excluding carboxylic acids is 2. The van der Waals surface area contributed by atoms with Gasteiger partial charge in [0.25, 0.3) is 0 Å². The van der Waals surface area contributed by atoms with Crippen LogP contribution in [0.5, 0.6) is 0 Å². The molecule has 0 saturated heterocycles. The molecule has 0 fully saturated rings. The number of carbonyl (C=O) groups is 2. The maximum atomic E-state index is 12.4. The Morgan fingerprint density at radius 2 is 2.10 bits per heavy atom. The second-order valence-electron chi connectivity index (χ2n) is 4.99. The van der Waals surface area contributed by atoms with Crippen LogP contribution in [0.2, 0.25) is 1.41 Å². The molecule has 21 heavy (non-hydrogen) atoms. The molecule has 4 N–H and O–H groups in total. The van der Waals surface area contributed by atoms with Crippen LogP contribution in [-0.2, 0) is 16.0 Å². The van der Waals surface area contributed by atoms with Crippen LogP contribution in [0.3, 0.4) is 0 Å². The highest BCUT2D eigenvalue weighted by atomic mass is 16.2. The van der Waals surface area contributed by atoms with Gasteiger partial charge in [0.1, 0.15) is 6.29 Å². The maximum absolute atomic E-state index is 12.4. The molecule has 0 unspecified atom stereocenters. The average molecular weight is 292 g/mol. The van der Waals surface area contributed by atoms with Crippen molar-refractivity contribution < 1.29 is 11.0 Å². The van der Waals surface area contributed by atoms with E-state index in [1.54, 1.807) is 7.05 Å². The van der Waals surface area contributed by atoms with Crippen molar-refractivity contribution in [2.75, 3.05) is 13.6 Å². The van der Waals surface area contributed by atoms with Crippen molar-refractivity contribution in [1.29, 1.82) is 0 Å². The van der Waals surface area contributed by atoms with Crippen LogP contribution in [0, 0.1) is 0 Å². The van der Waals surface area contributed by atoms with Gasteiger partial charge in [0.15, 0.2) is 1.41 Å². The summed E-state index contributed by atoms with van der Waals surface area (Å²) in [5.74, 6) is -0.392.